The second-order valence-electron chi connectivity index (χ2n) is 3.62. The molecule has 0 saturated heterocycles. The molecular formula is C8H17N3O. The van der Waals surface area contributed by atoms with Crippen LogP contribution in [0.15, 0.2) is 4.99 Å². The van der Waals surface area contributed by atoms with Crippen LogP contribution in [0.2, 0.25) is 0 Å². The lowest BCUT2D eigenvalue weighted by molar-refractivity contribution is -0.119. The average molecular weight is 171 g/mol. The largest absolute Gasteiger partial charge is 0.387 e. The molecule has 12 heavy (non-hydrogen) atoms. The molecule has 3 N–H and O–H groups in total. The standard InChI is InChI=1S/C8H17N3O/c1-8(2,3)7(9)11-5-6(12)10-4/h5H2,1-4H3,(H2,9,11)(H,10,12). The summed E-state index contributed by atoms with van der Waals surface area (Å²) in [5.74, 6) is 0.383. The lowest BCUT2D eigenvalue weighted by atomic mass is 9.95. The van der Waals surface area contributed by atoms with Gasteiger partial charge in [-0.3, -0.25) is 9.79 Å². The molecule has 0 saturated carbocycles. The second kappa shape index (κ2) is 4.09. The maximum absolute atomic E-state index is 10.8. The van der Waals surface area contributed by atoms with Gasteiger partial charge in [0.25, 0.3) is 0 Å². The Morgan fingerprint density at radius 2 is 2.00 bits per heavy atom. The molecule has 0 spiro atoms. The van der Waals surface area contributed by atoms with Crippen molar-refractivity contribution in [2.75, 3.05) is 13.6 Å². The van der Waals surface area contributed by atoms with Crippen LogP contribution in [0.3, 0.4) is 0 Å². The Labute approximate surface area is 73.2 Å². The molecule has 0 bridgehead atoms. The molecule has 0 aromatic heterocycles. The van der Waals surface area contributed by atoms with E-state index in [4.69, 9.17) is 5.73 Å². The van der Waals surface area contributed by atoms with Crippen molar-refractivity contribution in [3.05, 3.63) is 0 Å². The minimum Gasteiger partial charge on any atom is -0.387 e. The molecule has 0 aromatic carbocycles. The zero-order valence-corrected chi connectivity index (χ0v) is 8.14. The summed E-state index contributed by atoms with van der Waals surface area (Å²) in [4.78, 5) is 14.7. The van der Waals surface area contributed by atoms with Crippen LogP contribution in [-0.4, -0.2) is 25.3 Å². The van der Waals surface area contributed by atoms with Crippen molar-refractivity contribution in [1.29, 1.82) is 0 Å². The first-order valence-corrected chi connectivity index (χ1v) is 3.89. The molecule has 4 heteroatoms. The minimum atomic E-state index is -0.159. The fourth-order valence-corrected chi connectivity index (χ4v) is 0.473. The van der Waals surface area contributed by atoms with Crippen molar-refractivity contribution in [1.82, 2.24) is 5.32 Å². The highest BCUT2D eigenvalue weighted by atomic mass is 16.1. The molecule has 0 radical (unpaired) electrons. The minimum absolute atomic E-state index is 0.111. The fourth-order valence-electron chi connectivity index (χ4n) is 0.473. The number of carbonyl (C=O) groups excluding carboxylic acids is 1. The van der Waals surface area contributed by atoms with Crippen LogP contribution >= 0.6 is 0 Å². The molecule has 0 atom stereocenters. The van der Waals surface area contributed by atoms with Gasteiger partial charge in [-0.05, 0) is 0 Å². The second-order valence-corrected chi connectivity index (χ2v) is 3.62. The molecule has 0 fully saturated rings. The zero-order valence-electron chi connectivity index (χ0n) is 8.14. The number of hydrogen-bond acceptors (Lipinski definition) is 2. The summed E-state index contributed by atoms with van der Waals surface area (Å²) < 4.78 is 0. The third-order valence-electron chi connectivity index (χ3n) is 1.44. The number of amides is 1. The van der Waals surface area contributed by atoms with Crippen LogP contribution in [0.5, 0.6) is 0 Å². The molecule has 0 rings (SSSR count). The van der Waals surface area contributed by atoms with Gasteiger partial charge in [-0.2, -0.15) is 0 Å². The lowest BCUT2D eigenvalue weighted by Gasteiger charge is -2.16. The first-order chi connectivity index (χ1) is 5.38. The van der Waals surface area contributed by atoms with E-state index in [0.29, 0.717) is 5.84 Å². The van der Waals surface area contributed by atoms with Crippen molar-refractivity contribution in [3.8, 4) is 0 Å². The van der Waals surface area contributed by atoms with Crippen LogP contribution in [0.4, 0.5) is 0 Å². The molecule has 4 nitrogen and oxygen atoms in total. The van der Waals surface area contributed by atoms with E-state index in [0.717, 1.165) is 0 Å². The Bertz CT molecular complexity index is 191. The number of aliphatic imine (C=N–C) groups is 1. The summed E-state index contributed by atoms with van der Waals surface area (Å²) in [6, 6.07) is 0. The normalized spacial score (nSPS) is 12.8. The van der Waals surface area contributed by atoms with Gasteiger partial charge >= 0.3 is 0 Å². The van der Waals surface area contributed by atoms with Gasteiger partial charge in [-0.25, -0.2) is 0 Å². The van der Waals surface area contributed by atoms with E-state index >= 15 is 0 Å². The number of nitrogens with two attached hydrogens (primary N) is 1. The molecule has 1 amide bonds. The maximum Gasteiger partial charge on any atom is 0.241 e. The van der Waals surface area contributed by atoms with Crippen LogP contribution in [0, 0.1) is 5.41 Å². The number of nitrogens with zero attached hydrogens (tertiary/aromatic N) is 1. The van der Waals surface area contributed by atoms with Crippen molar-refractivity contribution in [2.24, 2.45) is 16.1 Å². The van der Waals surface area contributed by atoms with Gasteiger partial charge in [-0.15, -0.1) is 0 Å². The third kappa shape index (κ3) is 3.95. The van der Waals surface area contributed by atoms with Crippen molar-refractivity contribution < 1.29 is 4.79 Å². The summed E-state index contributed by atoms with van der Waals surface area (Å²) in [7, 11) is 1.57. The highest BCUT2D eigenvalue weighted by Crippen LogP contribution is 2.12. The lowest BCUT2D eigenvalue weighted by Crippen LogP contribution is -2.31. The summed E-state index contributed by atoms with van der Waals surface area (Å²) in [6.07, 6.45) is 0. The van der Waals surface area contributed by atoms with E-state index < -0.39 is 0 Å². The third-order valence-corrected chi connectivity index (χ3v) is 1.44. The van der Waals surface area contributed by atoms with E-state index in [1.54, 1.807) is 7.05 Å². The number of hydrogen-bond donors (Lipinski definition) is 2. The molecular weight excluding hydrogens is 154 g/mol. The smallest absolute Gasteiger partial charge is 0.241 e. The van der Waals surface area contributed by atoms with Gasteiger partial charge in [0.1, 0.15) is 6.54 Å². The molecule has 0 unspecified atom stereocenters. The SMILES string of the molecule is CNC(=O)CN=C(N)C(C)(C)C. The van der Waals surface area contributed by atoms with E-state index in [9.17, 15) is 4.79 Å². The summed E-state index contributed by atoms with van der Waals surface area (Å²) in [5, 5.41) is 2.47. The van der Waals surface area contributed by atoms with Crippen molar-refractivity contribution >= 4 is 11.7 Å². The molecule has 70 valence electrons. The van der Waals surface area contributed by atoms with Crippen molar-refractivity contribution in [2.45, 2.75) is 20.8 Å². The monoisotopic (exact) mass is 171 g/mol. The van der Waals surface area contributed by atoms with Gasteiger partial charge in [0.15, 0.2) is 0 Å². The van der Waals surface area contributed by atoms with Gasteiger partial charge < -0.3 is 11.1 Å². The Morgan fingerprint density at radius 1 is 1.50 bits per heavy atom. The first kappa shape index (κ1) is 10.9. The Kier molecular flexibility index (Phi) is 3.73. The molecule has 0 aliphatic rings. The van der Waals surface area contributed by atoms with E-state index in [1.165, 1.54) is 0 Å². The number of carbonyl (C=O) groups is 1. The summed E-state index contributed by atoms with van der Waals surface area (Å²) >= 11 is 0. The molecule has 0 heterocycles. The van der Waals surface area contributed by atoms with E-state index in [1.807, 2.05) is 20.8 Å². The number of nitrogens with one attached hydrogen (secondary N) is 1. The van der Waals surface area contributed by atoms with Crippen LogP contribution < -0.4 is 11.1 Å². The topological polar surface area (TPSA) is 67.5 Å². The van der Waals surface area contributed by atoms with Crippen LogP contribution in [-0.2, 0) is 4.79 Å². The molecule has 0 aromatic rings. The van der Waals surface area contributed by atoms with Crippen LogP contribution in [0.25, 0.3) is 0 Å². The Balaban J connectivity index is 4.11. The average Bonchev–Trinajstić information content (AvgIpc) is 1.97. The predicted octanol–water partition coefficient (Wildman–Crippen LogP) is 0.136. The predicted molar refractivity (Wildman–Crippen MR) is 50.0 cm³/mol. The quantitative estimate of drug-likeness (QED) is 0.458. The van der Waals surface area contributed by atoms with Crippen LogP contribution in [0.1, 0.15) is 20.8 Å². The summed E-state index contributed by atoms with van der Waals surface area (Å²) in [5.41, 5.74) is 5.47. The van der Waals surface area contributed by atoms with Gasteiger partial charge in [0.2, 0.25) is 5.91 Å². The highest BCUT2D eigenvalue weighted by Gasteiger charge is 2.15. The van der Waals surface area contributed by atoms with Gasteiger partial charge in [0.05, 0.1) is 5.84 Å². The maximum atomic E-state index is 10.8. The van der Waals surface area contributed by atoms with Gasteiger partial charge in [-0.1, -0.05) is 20.8 Å². The molecule has 0 aliphatic heterocycles. The number of likely N-dealkylation sites (N-methyl/N-ethyl adjacent to an activating group) is 1. The number of rotatable bonds is 2. The number of amidine groups is 1. The van der Waals surface area contributed by atoms with Gasteiger partial charge in [0, 0.05) is 12.5 Å². The Morgan fingerprint density at radius 3 is 2.33 bits per heavy atom. The summed E-state index contributed by atoms with van der Waals surface area (Å²) in [6.45, 7) is 5.97. The fraction of sp³-hybridized carbons (Fsp3) is 0.750. The highest BCUT2D eigenvalue weighted by molar-refractivity contribution is 5.88. The van der Waals surface area contributed by atoms with E-state index in [2.05, 4.69) is 10.3 Å². The first-order valence-electron chi connectivity index (χ1n) is 3.89. The zero-order chi connectivity index (χ0) is 9.78. The van der Waals surface area contributed by atoms with Crippen molar-refractivity contribution in [3.63, 3.8) is 0 Å². The molecule has 0 aliphatic carbocycles. The Hall–Kier alpha value is -1.06. The van der Waals surface area contributed by atoms with E-state index in [-0.39, 0.29) is 17.9 Å².